The van der Waals surface area contributed by atoms with Gasteiger partial charge in [0.05, 0.1) is 0 Å². The van der Waals surface area contributed by atoms with E-state index in [9.17, 15) is 0 Å². The lowest BCUT2D eigenvalue weighted by Gasteiger charge is -2.55. The first-order valence-corrected chi connectivity index (χ1v) is 7.38. The standard InChI is InChI=1S/C14H27NS/c1-7-9-16-12-10-13(3,4)15(8-2)14(5,6)11-12/h7,12H,1,8-11H2,2-6H3. The maximum Gasteiger partial charge on any atom is 0.0168 e. The van der Waals surface area contributed by atoms with Crippen molar-refractivity contribution in [2.75, 3.05) is 12.3 Å². The van der Waals surface area contributed by atoms with Gasteiger partial charge in [-0.25, -0.2) is 0 Å². The van der Waals surface area contributed by atoms with Gasteiger partial charge in [-0.1, -0.05) is 13.0 Å². The highest BCUT2D eigenvalue weighted by Gasteiger charge is 2.44. The van der Waals surface area contributed by atoms with E-state index < -0.39 is 0 Å². The molecule has 94 valence electrons. The Hall–Kier alpha value is 0.0500. The molecule has 1 fully saturated rings. The highest BCUT2D eigenvalue weighted by molar-refractivity contribution is 8.00. The number of piperidine rings is 1. The summed E-state index contributed by atoms with van der Waals surface area (Å²) in [6.45, 7) is 16.8. The minimum Gasteiger partial charge on any atom is -0.293 e. The second-order valence-corrected chi connectivity index (χ2v) is 7.35. The Bertz CT molecular complexity index is 227. The lowest BCUT2D eigenvalue weighted by atomic mass is 9.79. The summed E-state index contributed by atoms with van der Waals surface area (Å²) < 4.78 is 0. The summed E-state index contributed by atoms with van der Waals surface area (Å²) in [5.74, 6) is 1.09. The van der Waals surface area contributed by atoms with Gasteiger partial charge in [0.1, 0.15) is 0 Å². The predicted octanol–water partition coefficient (Wildman–Crippen LogP) is 3.95. The van der Waals surface area contributed by atoms with Crippen LogP contribution in [-0.2, 0) is 0 Å². The topological polar surface area (TPSA) is 3.24 Å². The van der Waals surface area contributed by atoms with E-state index in [0.717, 1.165) is 17.5 Å². The summed E-state index contributed by atoms with van der Waals surface area (Å²) in [4.78, 5) is 2.66. The molecule has 0 aromatic rings. The van der Waals surface area contributed by atoms with Crippen LogP contribution in [0.25, 0.3) is 0 Å². The molecule has 0 aliphatic carbocycles. The number of rotatable bonds is 4. The van der Waals surface area contributed by atoms with Gasteiger partial charge in [-0.15, -0.1) is 6.58 Å². The van der Waals surface area contributed by atoms with E-state index in [1.807, 2.05) is 6.08 Å². The molecule has 1 aliphatic heterocycles. The van der Waals surface area contributed by atoms with Crippen molar-refractivity contribution in [3.05, 3.63) is 12.7 Å². The highest BCUT2D eigenvalue weighted by atomic mass is 32.2. The first-order chi connectivity index (χ1) is 7.33. The van der Waals surface area contributed by atoms with Crippen molar-refractivity contribution >= 4 is 11.8 Å². The van der Waals surface area contributed by atoms with Crippen LogP contribution in [0.3, 0.4) is 0 Å². The molecule has 0 N–H and O–H groups in total. The van der Waals surface area contributed by atoms with Crippen LogP contribution in [0.4, 0.5) is 0 Å². The van der Waals surface area contributed by atoms with E-state index in [-0.39, 0.29) is 0 Å². The van der Waals surface area contributed by atoms with Crippen molar-refractivity contribution in [1.82, 2.24) is 4.90 Å². The Labute approximate surface area is 106 Å². The fourth-order valence-electron chi connectivity index (χ4n) is 3.40. The lowest BCUT2D eigenvalue weighted by Crippen LogP contribution is -2.61. The third kappa shape index (κ3) is 3.04. The Morgan fingerprint density at radius 3 is 2.12 bits per heavy atom. The average Bonchev–Trinajstić information content (AvgIpc) is 2.11. The molecule has 1 heterocycles. The molecule has 0 atom stereocenters. The SMILES string of the molecule is C=CCSC1CC(C)(C)N(CC)C(C)(C)C1. The number of hydrogen-bond donors (Lipinski definition) is 0. The van der Waals surface area contributed by atoms with Crippen LogP contribution < -0.4 is 0 Å². The molecule has 1 nitrogen and oxygen atoms in total. The van der Waals surface area contributed by atoms with Crippen LogP contribution in [0, 0.1) is 0 Å². The zero-order valence-electron chi connectivity index (χ0n) is 11.5. The van der Waals surface area contributed by atoms with Crippen molar-refractivity contribution in [2.24, 2.45) is 0 Å². The number of likely N-dealkylation sites (tertiary alicyclic amines) is 1. The van der Waals surface area contributed by atoms with Gasteiger partial charge in [0.15, 0.2) is 0 Å². The zero-order chi connectivity index (χ0) is 12.4. The zero-order valence-corrected chi connectivity index (χ0v) is 12.4. The molecule has 0 unspecified atom stereocenters. The molecule has 0 aromatic carbocycles. The van der Waals surface area contributed by atoms with Gasteiger partial charge in [-0.3, -0.25) is 4.90 Å². The van der Waals surface area contributed by atoms with Crippen molar-refractivity contribution in [3.8, 4) is 0 Å². The third-order valence-corrected chi connectivity index (χ3v) is 4.91. The largest absolute Gasteiger partial charge is 0.293 e. The highest BCUT2D eigenvalue weighted by Crippen LogP contribution is 2.42. The van der Waals surface area contributed by atoms with E-state index in [2.05, 4.69) is 57.9 Å². The molecular formula is C14H27NS. The van der Waals surface area contributed by atoms with Crippen LogP contribution in [0.15, 0.2) is 12.7 Å². The maximum absolute atomic E-state index is 3.82. The predicted molar refractivity (Wildman–Crippen MR) is 76.2 cm³/mol. The summed E-state index contributed by atoms with van der Waals surface area (Å²) in [6, 6.07) is 0. The molecule has 1 rings (SSSR count). The number of nitrogens with zero attached hydrogens (tertiary/aromatic N) is 1. The molecule has 2 heteroatoms. The molecule has 0 spiro atoms. The minimum absolute atomic E-state index is 0.329. The molecule has 0 amide bonds. The Kier molecular flexibility index (Phi) is 4.53. The van der Waals surface area contributed by atoms with Gasteiger partial charge in [-0.05, 0) is 47.1 Å². The van der Waals surface area contributed by atoms with Gasteiger partial charge >= 0.3 is 0 Å². The summed E-state index contributed by atoms with van der Waals surface area (Å²) in [5.41, 5.74) is 0.657. The monoisotopic (exact) mass is 241 g/mol. The molecule has 0 bridgehead atoms. The molecule has 1 aliphatic rings. The summed E-state index contributed by atoms with van der Waals surface area (Å²) in [6.07, 6.45) is 4.61. The third-order valence-electron chi connectivity index (χ3n) is 3.68. The Morgan fingerprint density at radius 2 is 1.75 bits per heavy atom. The van der Waals surface area contributed by atoms with Gasteiger partial charge in [0.2, 0.25) is 0 Å². The molecule has 16 heavy (non-hydrogen) atoms. The summed E-state index contributed by atoms with van der Waals surface area (Å²) >= 11 is 2.07. The lowest BCUT2D eigenvalue weighted by molar-refractivity contribution is -0.0187. The Balaban J connectivity index is 2.76. The number of hydrogen-bond acceptors (Lipinski definition) is 2. The van der Waals surface area contributed by atoms with Crippen LogP contribution in [0.5, 0.6) is 0 Å². The Morgan fingerprint density at radius 1 is 1.25 bits per heavy atom. The normalized spacial score (nSPS) is 25.6. The van der Waals surface area contributed by atoms with E-state index in [1.54, 1.807) is 0 Å². The molecule has 0 saturated carbocycles. The van der Waals surface area contributed by atoms with Crippen LogP contribution in [0.1, 0.15) is 47.5 Å². The fourth-order valence-corrected chi connectivity index (χ4v) is 4.86. The van der Waals surface area contributed by atoms with Crippen molar-refractivity contribution in [3.63, 3.8) is 0 Å². The van der Waals surface area contributed by atoms with Crippen LogP contribution in [-0.4, -0.2) is 33.5 Å². The summed E-state index contributed by atoms with van der Waals surface area (Å²) in [5, 5.41) is 0.783. The van der Waals surface area contributed by atoms with Gasteiger partial charge in [0, 0.05) is 22.1 Å². The van der Waals surface area contributed by atoms with Gasteiger partial charge in [0.25, 0.3) is 0 Å². The van der Waals surface area contributed by atoms with Crippen LogP contribution >= 0.6 is 11.8 Å². The minimum atomic E-state index is 0.329. The second kappa shape index (κ2) is 5.14. The van der Waals surface area contributed by atoms with Crippen LogP contribution in [0.2, 0.25) is 0 Å². The van der Waals surface area contributed by atoms with Crippen molar-refractivity contribution < 1.29 is 0 Å². The number of thioether (sulfide) groups is 1. The quantitative estimate of drug-likeness (QED) is 0.686. The molecular weight excluding hydrogens is 214 g/mol. The first-order valence-electron chi connectivity index (χ1n) is 6.34. The van der Waals surface area contributed by atoms with Crippen molar-refractivity contribution in [1.29, 1.82) is 0 Å². The smallest absolute Gasteiger partial charge is 0.0168 e. The maximum atomic E-state index is 3.82. The van der Waals surface area contributed by atoms with E-state index in [4.69, 9.17) is 0 Å². The average molecular weight is 241 g/mol. The molecule has 1 saturated heterocycles. The molecule has 0 radical (unpaired) electrons. The van der Waals surface area contributed by atoms with E-state index >= 15 is 0 Å². The fraction of sp³-hybridized carbons (Fsp3) is 0.857. The van der Waals surface area contributed by atoms with Gasteiger partial charge in [-0.2, -0.15) is 11.8 Å². The van der Waals surface area contributed by atoms with Gasteiger partial charge < -0.3 is 0 Å². The summed E-state index contributed by atoms with van der Waals surface area (Å²) in [7, 11) is 0. The van der Waals surface area contributed by atoms with Crippen molar-refractivity contribution in [2.45, 2.75) is 63.8 Å². The first kappa shape index (κ1) is 14.1. The molecule has 0 aromatic heterocycles. The van der Waals surface area contributed by atoms with E-state index in [0.29, 0.717) is 11.1 Å². The second-order valence-electron chi connectivity index (χ2n) is 6.02. The van der Waals surface area contributed by atoms with E-state index in [1.165, 1.54) is 12.8 Å².